The van der Waals surface area contributed by atoms with E-state index in [2.05, 4.69) is 15.6 Å². The number of hydrogen-bond acceptors (Lipinski definition) is 6. The van der Waals surface area contributed by atoms with Crippen molar-refractivity contribution in [2.45, 2.75) is 25.9 Å². The molecular formula is C13H16N4O2S. The van der Waals surface area contributed by atoms with Crippen molar-refractivity contribution in [3.05, 3.63) is 22.8 Å². The van der Waals surface area contributed by atoms with Gasteiger partial charge in [0.25, 0.3) is 5.91 Å². The number of rotatable bonds is 5. The first kappa shape index (κ1) is 14.5. The molecule has 1 saturated heterocycles. The first-order valence-corrected chi connectivity index (χ1v) is 7.25. The molecule has 1 aliphatic heterocycles. The zero-order valence-electron chi connectivity index (χ0n) is 11.2. The minimum atomic E-state index is -0.399. The van der Waals surface area contributed by atoms with E-state index in [0.29, 0.717) is 11.7 Å². The van der Waals surface area contributed by atoms with Crippen LogP contribution in [0.15, 0.2) is 17.2 Å². The minimum absolute atomic E-state index is 0.0239. The number of ether oxygens (including phenoxy) is 1. The van der Waals surface area contributed by atoms with Crippen LogP contribution in [0, 0.1) is 18.3 Å². The van der Waals surface area contributed by atoms with Gasteiger partial charge >= 0.3 is 0 Å². The van der Waals surface area contributed by atoms with E-state index in [9.17, 15) is 4.79 Å². The quantitative estimate of drug-likeness (QED) is 0.635. The van der Waals surface area contributed by atoms with Crippen LogP contribution >= 0.6 is 11.3 Å². The minimum Gasteiger partial charge on any atom is -0.376 e. The summed E-state index contributed by atoms with van der Waals surface area (Å²) >= 11 is 1.42. The van der Waals surface area contributed by atoms with Crippen LogP contribution in [0.2, 0.25) is 0 Å². The van der Waals surface area contributed by atoms with Gasteiger partial charge in [0.1, 0.15) is 11.6 Å². The molecule has 0 aliphatic carbocycles. The van der Waals surface area contributed by atoms with Gasteiger partial charge in [0, 0.05) is 24.7 Å². The van der Waals surface area contributed by atoms with E-state index in [1.54, 1.807) is 0 Å². The Bertz CT molecular complexity index is 541. The molecule has 1 amide bonds. The molecule has 1 aliphatic rings. The molecule has 0 bridgehead atoms. The van der Waals surface area contributed by atoms with E-state index < -0.39 is 5.91 Å². The predicted molar refractivity (Wildman–Crippen MR) is 76.2 cm³/mol. The fraction of sp³-hybridized carbons (Fsp3) is 0.462. The lowest BCUT2D eigenvalue weighted by Crippen LogP contribution is -2.32. The Labute approximate surface area is 121 Å². The Morgan fingerprint density at radius 1 is 1.75 bits per heavy atom. The summed E-state index contributed by atoms with van der Waals surface area (Å²) < 4.78 is 5.41. The van der Waals surface area contributed by atoms with Gasteiger partial charge in [-0.2, -0.15) is 5.26 Å². The van der Waals surface area contributed by atoms with Crippen LogP contribution in [-0.2, 0) is 9.53 Å². The van der Waals surface area contributed by atoms with E-state index >= 15 is 0 Å². The Morgan fingerprint density at radius 2 is 2.60 bits per heavy atom. The number of carbonyl (C=O) groups excluding carboxylic acids is 1. The van der Waals surface area contributed by atoms with Gasteiger partial charge in [-0.1, -0.05) is 0 Å². The number of nitrogens with zero attached hydrogens (tertiary/aromatic N) is 2. The molecule has 0 saturated carbocycles. The number of aryl methyl sites for hydroxylation is 1. The van der Waals surface area contributed by atoms with Gasteiger partial charge < -0.3 is 15.4 Å². The van der Waals surface area contributed by atoms with Crippen LogP contribution in [0.3, 0.4) is 0 Å². The molecule has 0 aromatic carbocycles. The van der Waals surface area contributed by atoms with Gasteiger partial charge in [-0.3, -0.25) is 4.79 Å². The Kier molecular flexibility index (Phi) is 5.09. The summed E-state index contributed by atoms with van der Waals surface area (Å²) in [4.78, 5) is 16.0. The van der Waals surface area contributed by atoms with Crippen LogP contribution in [0.4, 0.5) is 5.13 Å². The third kappa shape index (κ3) is 4.05. The number of hydrogen-bond donors (Lipinski definition) is 2. The molecule has 1 fully saturated rings. The number of amides is 1. The van der Waals surface area contributed by atoms with Gasteiger partial charge in [0.2, 0.25) is 0 Å². The van der Waals surface area contributed by atoms with Crippen molar-refractivity contribution in [1.82, 2.24) is 10.3 Å². The summed E-state index contributed by atoms with van der Waals surface area (Å²) in [6, 6.07) is 1.88. The number of carbonyl (C=O) groups is 1. The van der Waals surface area contributed by atoms with Crippen LogP contribution < -0.4 is 10.6 Å². The smallest absolute Gasteiger partial charge is 0.263 e. The van der Waals surface area contributed by atoms with Crippen molar-refractivity contribution in [2.75, 3.05) is 18.5 Å². The summed E-state index contributed by atoms with van der Waals surface area (Å²) in [6.45, 7) is 3.06. The van der Waals surface area contributed by atoms with Crippen molar-refractivity contribution in [3.63, 3.8) is 0 Å². The number of thiazole rings is 1. The molecule has 0 spiro atoms. The SMILES string of the molecule is Cc1csc(N/C=C(/C#N)C(=O)NCC2CCCO2)n1. The van der Waals surface area contributed by atoms with Crippen molar-refractivity contribution in [1.29, 1.82) is 5.26 Å². The second kappa shape index (κ2) is 7.03. The van der Waals surface area contributed by atoms with E-state index in [1.165, 1.54) is 17.5 Å². The molecular weight excluding hydrogens is 276 g/mol. The highest BCUT2D eigenvalue weighted by atomic mass is 32.1. The fourth-order valence-electron chi connectivity index (χ4n) is 1.81. The predicted octanol–water partition coefficient (Wildman–Crippen LogP) is 1.57. The average Bonchev–Trinajstić information content (AvgIpc) is 3.08. The molecule has 106 valence electrons. The topological polar surface area (TPSA) is 87.0 Å². The molecule has 2 rings (SSSR count). The van der Waals surface area contributed by atoms with Gasteiger partial charge in [-0.05, 0) is 19.8 Å². The molecule has 0 radical (unpaired) electrons. The number of nitriles is 1. The normalized spacial score (nSPS) is 18.6. The van der Waals surface area contributed by atoms with Crippen molar-refractivity contribution in [3.8, 4) is 6.07 Å². The second-order valence-electron chi connectivity index (χ2n) is 4.45. The van der Waals surface area contributed by atoms with Gasteiger partial charge in [0.15, 0.2) is 5.13 Å². The zero-order chi connectivity index (χ0) is 14.4. The molecule has 1 aromatic rings. The largest absolute Gasteiger partial charge is 0.376 e. The molecule has 2 N–H and O–H groups in total. The Hall–Kier alpha value is -1.91. The third-order valence-corrected chi connectivity index (χ3v) is 3.73. The molecule has 7 heteroatoms. The first-order valence-electron chi connectivity index (χ1n) is 6.38. The average molecular weight is 292 g/mol. The highest BCUT2D eigenvalue weighted by Gasteiger charge is 2.17. The fourth-order valence-corrected chi connectivity index (χ4v) is 2.47. The van der Waals surface area contributed by atoms with E-state index in [1.807, 2.05) is 18.4 Å². The highest BCUT2D eigenvalue weighted by molar-refractivity contribution is 7.13. The zero-order valence-corrected chi connectivity index (χ0v) is 12.0. The highest BCUT2D eigenvalue weighted by Crippen LogP contribution is 2.14. The number of aromatic nitrogens is 1. The maximum atomic E-state index is 11.8. The van der Waals surface area contributed by atoms with Crippen LogP contribution in [0.5, 0.6) is 0 Å². The maximum absolute atomic E-state index is 11.8. The van der Waals surface area contributed by atoms with Crippen molar-refractivity contribution >= 4 is 22.4 Å². The molecule has 20 heavy (non-hydrogen) atoms. The monoisotopic (exact) mass is 292 g/mol. The van der Waals surface area contributed by atoms with Crippen LogP contribution in [0.1, 0.15) is 18.5 Å². The number of anilines is 1. The molecule has 6 nitrogen and oxygen atoms in total. The lowest BCUT2D eigenvalue weighted by molar-refractivity contribution is -0.117. The lowest BCUT2D eigenvalue weighted by Gasteiger charge is -2.10. The Morgan fingerprint density at radius 3 is 3.20 bits per heavy atom. The Balaban J connectivity index is 1.86. The molecule has 1 aromatic heterocycles. The third-order valence-electron chi connectivity index (χ3n) is 2.84. The summed E-state index contributed by atoms with van der Waals surface area (Å²) in [5.41, 5.74) is 0.920. The first-order chi connectivity index (χ1) is 9.69. The standard InChI is InChI=1S/C13H16N4O2S/c1-9-8-20-13(17-9)16-6-10(5-14)12(18)15-7-11-3-2-4-19-11/h6,8,11H,2-4,7H2,1H3,(H,15,18)(H,16,17)/b10-6-. The summed E-state index contributed by atoms with van der Waals surface area (Å²) in [5, 5.41) is 17.1. The number of nitrogens with one attached hydrogen (secondary N) is 2. The molecule has 2 heterocycles. The van der Waals surface area contributed by atoms with Crippen molar-refractivity contribution in [2.24, 2.45) is 0 Å². The van der Waals surface area contributed by atoms with Crippen LogP contribution in [-0.4, -0.2) is 30.1 Å². The van der Waals surface area contributed by atoms with Gasteiger partial charge in [-0.15, -0.1) is 11.3 Å². The van der Waals surface area contributed by atoms with Gasteiger partial charge in [-0.25, -0.2) is 4.98 Å². The van der Waals surface area contributed by atoms with E-state index in [0.717, 1.165) is 25.1 Å². The lowest BCUT2D eigenvalue weighted by atomic mass is 10.2. The summed E-state index contributed by atoms with van der Waals surface area (Å²) in [7, 11) is 0. The van der Waals surface area contributed by atoms with Crippen molar-refractivity contribution < 1.29 is 9.53 Å². The second-order valence-corrected chi connectivity index (χ2v) is 5.31. The molecule has 1 unspecified atom stereocenters. The summed E-state index contributed by atoms with van der Waals surface area (Å²) in [5.74, 6) is -0.399. The molecule has 1 atom stereocenters. The van der Waals surface area contributed by atoms with Crippen LogP contribution in [0.25, 0.3) is 0 Å². The van der Waals surface area contributed by atoms with E-state index in [-0.39, 0.29) is 11.7 Å². The van der Waals surface area contributed by atoms with Gasteiger partial charge in [0.05, 0.1) is 11.8 Å². The summed E-state index contributed by atoms with van der Waals surface area (Å²) in [6.07, 6.45) is 3.41. The van der Waals surface area contributed by atoms with E-state index in [4.69, 9.17) is 10.00 Å². The maximum Gasteiger partial charge on any atom is 0.263 e.